The standard InChI is InChI=1S/C12H14BrN3/c1-16-7-6-15-12(16)11(8-14)9-2-4-10(13)5-3-9/h2-7,11H,8,14H2,1H3. The quantitative estimate of drug-likeness (QED) is 0.937. The van der Waals surface area contributed by atoms with Crippen LogP contribution in [0.5, 0.6) is 0 Å². The lowest BCUT2D eigenvalue weighted by Crippen LogP contribution is -2.17. The van der Waals surface area contributed by atoms with E-state index in [4.69, 9.17) is 5.73 Å². The zero-order valence-corrected chi connectivity index (χ0v) is 10.7. The van der Waals surface area contributed by atoms with Crippen LogP contribution in [0.4, 0.5) is 0 Å². The number of halogens is 1. The Labute approximate surface area is 103 Å². The van der Waals surface area contributed by atoms with Gasteiger partial charge in [0, 0.05) is 30.5 Å². The van der Waals surface area contributed by atoms with Crippen molar-refractivity contribution in [2.75, 3.05) is 6.54 Å². The summed E-state index contributed by atoms with van der Waals surface area (Å²) in [6.45, 7) is 0.562. The van der Waals surface area contributed by atoms with Crippen molar-refractivity contribution >= 4 is 15.9 Å². The van der Waals surface area contributed by atoms with Gasteiger partial charge >= 0.3 is 0 Å². The molecule has 2 aromatic rings. The molecule has 0 aliphatic heterocycles. The highest BCUT2D eigenvalue weighted by molar-refractivity contribution is 9.10. The number of nitrogens with two attached hydrogens (primary N) is 1. The van der Waals surface area contributed by atoms with Crippen LogP contribution in [0, 0.1) is 0 Å². The number of benzene rings is 1. The second-order valence-electron chi connectivity index (χ2n) is 3.74. The molecule has 3 nitrogen and oxygen atoms in total. The summed E-state index contributed by atoms with van der Waals surface area (Å²) < 4.78 is 3.09. The Kier molecular flexibility index (Phi) is 3.41. The molecule has 0 aliphatic carbocycles. The highest BCUT2D eigenvalue weighted by Gasteiger charge is 2.16. The fourth-order valence-corrected chi connectivity index (χ4v) is 2.06. The molecule has 2 N–H and O–H groups in total. The van der Waals surface area contributed by atoms with Crippen molar-refractivity contribution < 1.29 is 0 Å². The number of imidazole rings is 1. The minimum Gasteiger partial charge on any atom is -0.337 e. The smallest absolute Gasteiger partial charge is 0.117 e. The minimum absolute atomic E-state index is 0.160. The first-order valence-electron chi connectivity index (χ1n) is 5.15. The van der Waals surface area contributed by atoms with E-state index in [1.54, 1.807) is 6.20 Å². The number of aromatic nitrogens is 2. The van der Waals surface area contributed by atoms with Gasteiger partial charge in [-0.25, -0.2) is 4.98 Å². The van der Waals surface area contributed by atoms with E-state index in [-0.39, 0.29) is 5.92 Å². The zero-order chi connectivity index (χ0) is 11.5. The molecular weight excluding hydrogens is 266 g/mol. The fraction of sp³-hybridized carbons (Fsp3) is 0.250. The van der Waals surface area contributed by atoms with Gasteiger partial charge in [-0.1, -0.05) is 28.1 Å². The van der Waals surface area contributed by atoms with Crippen molar-refractivity contribution in [2.24, 2.45) is 12.8 Å². The van der Waals surface area contributed by atoms with Crippen molar-refractivity contribution in [2.45, 2.75) is 5.92 Å². The van der Waals surface area contributed by atoms with Crippen LogP contribution in [-0.2, 0) is 7.05 Å². The van der Waals surface area contributed by atoms with Gasteiger partial charge in [0.15, 0.2) is 0 Å². The summed E-state index contributed by atoms with van der Waals surface area (Å²) in [6, 6.07) is 8.22. The third-order valence-electron chi connectivity index (χ3n) is 2.68. The van der Waals surface area contributed by atoms with Crippen LogP contribution in [0.1, 0.15) is 17.3 Å². The molecule has 16 heavy (non-hydrogen) atoms. The lowest BCUT2D eigenvalue weighted by Gasteiger charge is -2.15. The van der Waals surface area contributed by atoms with Gasteiger partial charge in [0.05, 0.1) is 5.92 Å². The minimum atomic E-state index is 0.160. The molecule has 4 heteroatoms. The number of hydrogen-bond donors (Lipinski definition) is 1. The molecule has 0 aliphatic rings. The van der Waals surface area contributed by atoms with Gasteiger partial charge < -0.3 is 10.3 Å². The normalized spacial score (nSPS) is 12.7. The van der Waals surface area contributed by atoms with Gasteiger partial charge in [-0.3, -0.25) is 0 Å². The summed E-state index contributed by atoms with van der Waals surface area (Å²) in [5.41, 5.74) is 7.03. The topological polar surface area (TPSA) is 43.8 Å². The van der Waals surface area contributed by atoms with E-state index in [1.165, 1.54) is 5.56 Å². The molecule has 0 radical (unpaired) electrons. The van der Waals surface area contributed by atoms with E-state index < -0.39 is 0 Å². The molecule has 1 atom stereocenters. The fourth-order valence-electron chi connectivity index (χ4n) is 1.80. The summed E-state index contributed by atoms with van der Waals surface area (Å²) in [7, 11) is 1.99. The number of rotatable bonds is 3. The maximum absolute atomic E-state index is 5.84. The molecule has 0 fully saturated rings. The lowest BCUT2D eigenvalue weighted by molar-refractivity contribution is 0.698. The third kappa shape index (κ3) is 2.18. The number of nitrogens with zero attached hydrogens (tertiary/aromatic N) is 2. The molecule has 0 bridgehead atoms. The Balaban J connectivity index is 2.37. The van der Waals surface area contributed by atoms with Crippen molar-refractivity contribution in [3.8, 4) is 0 Å². The lowest BCUT2D eigenvalue weighted by atomic mass is 9.98. The van der Waals surface area contributed by atoms with Crippen LogP contribution in [0.3, 0.4) is 0 Å². The highest BCUT2D eigenvalue weighted by atomic mass is 79.9. The predicted molar refractivity (Wildman–Crippen MR) is 68.2 cm³/mol. The van der Waals surface area contributed by atoms with Gasteiger partial charge in [-0.2, -0.15) is 0 Å². The third-order valence-corrected chi connectivity index (χ3v) is 3.21. The maximum atomic E-state index is 5.84. The van der Waals surface area contributed by atoms with Crippen LogP contribution < -0.4 is 5.73 Å². The van der Waals surface area contributed by atoms with Crippen LogP contribution in [0.15, 0.2) is 41.1 Å². The summed E-state index contributed by atoms with van der Waals surface area (Å²) in [5, 5.41) is 0. The van der Waals surface area contributed by atoms with Crippen molar-refractivity contribution in [3.05, 3.63) is 52.5 Å². The molecule has 1 heterocycles. The van der Waals surface area contributed by atoms with Crippen LogP contribution in [0.25, 0.3) is 0 Å². The number of hydrogen-bond acceptors (Lipinski definition) is 2. The molecule has 2 rings (SSSR count). The molecule has 84 valence electrons. The molecule has 0 saturated carbocycles. The second kappa shape index (κ2) is 4.80. The predicted octanol–water partition coefficient (Wildman–Crippen LogP) is 2.27. The van der Waals surface area contributed by atoms with Gasteiger partial charge in [0.25, 0.3) is 0 Å². The SMILES string of the molecule is Cn1ccnc1C(CN)c1ccc(Br)cc1. The average Bonchev–Trinajstić information content (AvgIpc) is 2.69. The summed E-state index contributed by atoms with van der Waals surface area (Å²) >= 11 is 3.43. The Morgan fingerprint density at radius 2 is 2.06 bits per heavy atom. The van der Waals surface area contributed by atoms with Crippen molar-refractivity contribution in [3.63, 3.8) is 0 Å². The highest BCUT2D eigenvalue weighted by Crippen LogP contribution is 2.23. The first-order chi connectivity index (χ1) is 7.72. The largest absolute Gasteiger partial charge is 0.337 e. The Bertz CT molecular complexity index is 461. The first kappa shape index (κ1) is 11.4. The van der Waals surface area contributed by atoms with Crippen LogP contribution in [-0.4, -0.2) is 16.1 Å². The monoisotopic (exact) mass is 279 g/mol. The van der Waals surface area contributed by atoms with E-state index >= 15 is 0 Å². The summed E-state index contributed by atoms with van der Waals surface area (Å²) in [6.07, 6.45) is 3.74. The molecule has 0 spiro atoms. The average molecular weight is 280 g/mol. The van der Waals surface area contributed by atoms with Crippen LogP contribution in [0.2, 0.25) is 0 Å². The molecule has 1 unspecified atom stereocenters. The Morgan fingerprint density at radius 1 is 1.38 bits per heavy atom. The van der Waals surface area contributed by atoms with E-state index in [2.05, 4.69) is 33.0 Å². The summed E-state index contributed by atoms with van der Waals surface area (Å²) in [4.78, 5) is 4.36. The van der Waals surface area contributed by atoms with Crippen molar-refractivity contribution in [1.82, 2.24) is 9.55 Å². The summed E-state index contributed by atoms with van der Waals surface area (Å²) in [5.74, 6) is 1.16. The molecule has 1 aromatic carbocycles. The van der Waals surface area contributed by atoms with E-state index in [0.29, 0.717) is 6.54 Å². The Hall–Kier alpha value is -1.13. The van der Waals surface area contributed by atoms with E-state index in [1.807, 2.05) is 29.9 Å². The van der Waals surface area contributed by atoms with E-state index in [9.17, 15) is 0 Å². The van der Waals surface area contributed by atoms with Gasteiger partial charge in [-0.05, 0) is 17.7 Å². The molecule has 0 saturated heterocycles. The number of aryl methyl sites for hydroxylation is 1. The van der Waals surface area contributed by atoms with Crippen molar-refractivity contribution in [1.29, 1.82) is 0 Å². The van der Waals surface area contributed by atoms with E-state index in [0.717, 1.165) is 10.3 Å². The molecular formula is C12H14BrN3. The second-order valence-corrected chi connectivity index (χ2v) is 4.65. The molecule has 1 aromatic heterocycles. The van der Waals surface area contributed by atoms with Gasteiger partial charge in [0.2, 0.25) is 0 Å². The maximum Gasteiger partial charge on any atom is 0.117 e. The molecule has 0 amide bonds. The Morgan fingerprint density at radius 3 is 2.56 bits per heavy atom. The van der Waals surface area contributed by atoms with Gasteiger partial charge in [0.1, 0.15) is 5.82 Å². The zero-order valence-electron chi connectivity index (χ0n) is 9.10. The first-order valence-corrected chi connectivity index (χ1v) is 5.94. The van der Waals surface area contributed by atoms with Crippen LogP contribution >= 0.6 is 15.9 Å². The van der Waals surface area contributed by atoms with Gasteiger partial charge in [-0.15, -0.1) is 0 Å².